The number of imidazole rings is 1. The Labute approximate surface area is 181 Å². The Bertz CT molecular complexity index is 1040. The normalized spacial score (nSPS) is 17.6. The lowest BCUT2D eigenvalue weighted by Crippen LogP contribution is -2.36. The van der Waals surface area contributed by atoms with Crippen LogP contribution in [-0.4, -0.2) is 48.9 Å². The highest BCUT2D eigenvalue weighted by Crippen LogP contribution is 2.40. The number of fused-ring (bicyclic) bond motifs is 1. The third kappa shape index (κ3) is 3.82. The SMILES string of the molecule is COc1cc(OC2CCCC2)c(-c2cn3ccc(N4CCOCC4)cc3n2)cc1Cl. The molecule has 0 unspecified atom stereocenters. The molecule has 0 bridgehead atoms. The van der Waals surface area contributed by atoms with E-state index in [9.17, 15) is 0 Å². The van der Waals surface area contributed by atoms with E-state index in [1.54, 1.807) is 7.11 Å². The summed E-state index contributed by atoms with van der Waals surface area (Å²) in [6.07, 6.45) is 8.90. The summed E-state index contributed by atoms with van der Waals surface area (Å²) in [6.45, 7) is 3.32. The van der Waals surface area contributed by atoms with Gasteiger partial charge in [0.1, 0.15) is 17.1 Å². The highest BCUT2D eigenvalue weighted by Gasteiger charge is 2.21. The van der Waals surface area contributed by atoms with Crippen molar-refractivity contribution in [1.82, 2.24) is 9.38 Å². The third-order valence-corrected chi connectivity index (χ3v) is 6.24. The van der Waals surface area contributed by atoms with Gasteiger partial charge in [0.2, 0.25) is 0 Å². The molecule has 30 heavy (non-hydrogen) atoms. The van der Waals surface area contributed by atoms with E-state index in [1.165, 1.54) is 12.8 Å². The predicted molar refractivity (Wildman–Crippen MR) is 118 cm³/mol. The molecule has 3 heterocycles. The van der Waals surface area contributed by atoms with Gasteiger partial charge in [-0.2, -0.15) is 0 Å². The van der Waals surface area contributed by atoms with Gasteiger partial charge in [-0.1, -0.05) is 11.6 Å². The van der Waals surface area contributed by atoms with Gasteiger partial charge in [-0.05, 0) is 37.8 Å². The summed E-state index contributed by atoms with van der Waals surface area (Å²) in [5.74, 6) is 1.40. The number of rotatable bonds is 5. The zero-order chi connectivity index (χ0) is 20.5. The topological polar surface area (TPSA) is 48.2 Å². The lowest BCUT2D eigenvalue weighted by atomic mass is 10.1. The summed E-state index contributed by atoms with van der Waals surface area (Å²) < 4.78 is 19.3. The maximum Gasteiger partial charge on any atom is 0.141 e. The fraction of sp³-hybridized carbons (Fsp3) is 0.435. The number of nitrogens with zero attached hydrogens (tertiary/aromatic N) is 3. The fourth-order valence-corrected chi connectivity index (χ4v) is 4.53. The van der Waals surface area contributed by atoms with Crippen molar-refractivity contribution < 1.29 is 14.2 Å². The van der Waals surface area contributed by atoms with E-state index in [2.05, 4.69) is 23.2 Å². The van der Waals surface area contributed by atoms with Gasteiger partial charge in [-0.15, -0.1) is 0 Å². The monoisotopic (exact) mass is 427 g/mol. The second-order valence-electron chi connectivity index (χ2n) is 7.88. The van der Waals surface area contributed by atoms with Crippen molar-refractivity contribution in [2.24, 2.45) is 0 Å². The molecule has 158 valence electrons. The molecule has 0 amide bonds. The molecule has 0 radical (unpaired) electrons. The van der Waals surface area contributed by atoms with Crippen LogP contribution in [0, 0.1) is 0 Å². The van der Waals surface area contributed by atoms with Crippen LogP contribution in [-0.2, 0) is 4.74 Å². The Morgan fingerprint density at radius 3 is 2.67 bits per heavy atom. The molecule has 0 N–H and O–H groups in total. The first-order chi connectivity index (χ1) is 14.7. The number of benzene rings is 1. The van der Waals surface area contributed by atoms with E-state index in [4.69, 9.17) is 30.8 Å². The predicted octanol–water partition coefficient (Wildman–Crippen LogP) is 4.82. The average Bonchev–Trinajstić information content (AvgIpc) is 3.44. The van der Waals surface area contributed by atoms with Gasteiger partial charge < -0.3 is 23.5 Å². The summed E-state index contributed by atoms with van der Waals surface area (Å²) in [7, 11) is 1.62. The first kappa shape index (κ1) is 19.5. The Morgan fingerprint density at radius 2 is 1.90 bits per heavy atom. The lowest BCUT2D eigenvalue weighted by Gasteiger charge is -2.28. The summed E-state index contributed by atoms with van der Waals surface area (Å²) >= 11 is 6.46. The van der Waals surface area contributed by atoms with Crippen LogP contribution in [0.1, 0.15) is 25.7 Å². The molecule has 7 heteroatoms. The second-order valence-corrected chi connectivity index (χ2v) is 8.29. The Balaban J connectivity index is 1.52. The zero-order valence-corrected chi connectivity index (χ0v) is 17.9. The molecule has 3 aromatic rings. The third-order valence-electron chi connectivity index (χ3n) is 5.95. The minimum Gasteiger partial charge on any atom is -0.495 e. The van der Waals surface area contributed by atoms with Crippen molar-refractivity contribution in [2.75, 3.05) is 38.3 Å². The highest BCUT2D eigenvalue weighted by atomic mass is 35.5. The molecule has 1 aliphatic carbocycles. The van der Waals surface area contributed by atoms with Crippen LogP contribution >= 0.6 is 11.6 Å². The molecule has 1 aromatic carbocycles. The number of hydrogen-bond acceptors (Lipinski definition) is 5. The van der Waals surface area contributed by atoms with Crippen LogP contribution in [0.2, 0.25) is 5.02 Å². The molecular formula is C23H26ClN3O3. The Kier molecular flexibility index (Phi) is 5.44. The van der Waals surface area contributed by atoms with Gasteiger partial charge >= 0.3 is 0 Å². The number of aromatic nitrogens is 2. The summed E-state index contributed by atoms with van der Waals surface area (Å²) in [6, 6.07) is 8.03. The maximum absolute atomic E-state index is 6.46. The number of anilines is 1. The van der Waals surface area contributed by atoms with Crippen molar-refractivity contribution >= 4 is 22.9 Å². The average molecular weight is 428 g/mol. The first-order valence-electron chi connectivity index (χ1n) is 10.6. The van der Waals surface area contributed by atoms with Gasteiger partial charge in [0.25, 0.3) is 0 Å². The van der Waals surface area contributed by atoms with Crippen molar-refractivity contribution in [2.45, 2.75) is 31.8 Å². The fourth-order valence-electron chi connectivity index (χ4n) is 4.29. The van der Waals surface area contributed by atoms with E-state index in [1.807, 2.05) is 22.7 Å². The second kappa shape index (κ2) is 8.36. The van der Waals surface area contributed by atoms with Gasteiger partial charge in [-0.25, -0.2) is 4.98 Å². The number of morpholine rings is 1. The van der Waals surface area contributed by atoms with E-state index in [0.717, 1.165) is 67.5 Å². The van der Waals surface area contributed by atoms with Crippen LogP contribution in [0.3, 0.4) is 0 Å². The molecule has 5 rings (SSSR count). The van der Waals surface area contributed by atoms with Crippen LogP contribution in [0.25, 0.3) is 16.9 Å². The summed E-state index contributed by atoms with van der Waals surface area (Å²) in [5.41, 5.74) is 3.79. The molecule has 6 nitrogen and oxygen atoms in total. The first-order valence-corrected chi connectivity index (χ1v) is 10.9. The molecule has 0 spiro atoms. The van der Waals surface area contributed by atoms with Crippen molar-refractivity contribution in [1.29, 1.82) is 0 Å². The Morgan fingerprint density at radius 1 is 1.10 bits per heavy atom. The van der Waals surface area contributed by atoms with E-state index in [0.29, 0.717) is 10.8 Å². The molecule has 0 atom stereocenters. The zero-order valence-electron chi connectivity index (χ0n) is 17.1. The molecule has 2 fully saturated rings. The van der Waals surface area contributed by atoms with E-state index < -0.39 is 0 Å². The molecule has 2 aromatic heterocycles. The molecule has 2 aliphatic rings. The molecule has 1 saturated heterocycles. The largest absolute Gasteiger partial charge is 0.495 e. The van der Waals surface area contributed by atoms with E-state index >= 15 is 0 Å². The van der Waals surface area contributed by atoms with Gasteiger partial charge in [0, 0.05) is 48.9 Å². The van der Waals surface area contributed by atoms with E-state index in [-0.39, 0.29) is 6.10 Å². The van der Waals surface area contributed by atoms with Crippen LogP contribution in [0.4, 0.5) is 5.69 Å². The maximum atomic E-state index is 6.46. The number of pyridine rings is 1. The highest BCUT2D eigenvalue weighted by molar-refractivity contribution is 6.32. The Hall–Kier alpha value is -2.44. The van der Waals surface area contributed by atoms with Gasteiger partial charge in [0.15, 0.2) is 0 Å². The van der Waals surface area contributed by atoms with Crippen molar-refractivity contribution in [3.63, 3.8) is 0 Å². The minimum absolute atomic E-state index is 0.236. The molecule has 1 saturated carbocycles. The van der Waals surface area contributed by atoms with Crippen LogP contribution in [0.15, 0.2) is 36.7 Å². The summed E-state index contributed by atoms with van der Waals surface area (Å²) in [4.78, 5) is 7.23. The van der Waals surface area contributed by atoms with Gasteiger partial charge in [0.05, 0.1) is 37.1 Å². The number of ether oxygens (including phenoxy) is 3. The lowest BCUT2D eigenvalue weighted by molar-refractivity contribution is 0.122. The smallest absolute Gasteiger partial charge is 0.141 e. The number of halogens is 1. The van der Waals surface area contributed by atoms with Crippen LogP contribution < -0.4 is 14.4 Å². The molecule has 1 aliphatic heterocycles. The minimum atomic E-state index is 0.236. The standard InChI is InChI=1S/C23H26ClN3O3/c1-28-22-14-21(30-17-4-2-3-5-17)18(13-19(22)24)20-15-27-7-6-16(12-23(27)25-20)26-8-10-29-11-9-26/h6-7,12-15,17H,2-5,8-11H2,1H3. The van der Waals surface area contributed by atoms with Crippen molar-refractivity contribution in [3.8, 4) is 22.8 Å². The quantitative estimate of drug-likeness (QED) is 0.584. The number of methoxy groups -OCH3 is 1. The van der Waals surface area contributed by atoms with Crippen molar-refractivity contribution in [3.05, 3.63) is 41.7 Å². The van der Waals surface area contributed by atoms with Crippen LogP contribution in [0.5, 0.6) is 11.5 Å². The summed E-state index contributed by atoms with van der Waals surface area (Å²) in [5, 5.41) is 0.553. The van der Waals surface area contributed by atoms with Gasteiger partial charge in [-0.3, -0.25) is 0 Å². The number of hydrogen-bond donors (Lipinski definition) is 0. The molecular weight excluding hydrogens is 402 g/mol.